The molecular formula is C20H17IN4O4. The second-order valence-corrected chi connectivity index (χ2v) is 6.97. The lowest BCUT2D eigenvalue weighted by Crippen LogP contribution is -2.01. The van der Waals surface area contributed by atoms with Crippen molar-refractivity contribution in [3.05, 3.63) is 85.6 Å². The van der Waals surface area contributed by atoms with Gasteiger partial charge in [-0.1, -0.05) is 30.3 Å². The third-order valence-corrected chi connectivity index (χ3v) is 4.65. The van der Waals surface area contributed by atoms with Crippen molar-refractivity contribution < 1.29 is 14.4 Å². The van der Waals surface area contributed by atoms with Crippen molar-refractivity contribution in [2.75, 3.05) is 12.5 Å². The standard InChI is InChI=1S/C20H17IN4O4/c1-28-18-11-15(12-23-24-20-17(25(26)27)8-5-9-22-20)10-16(21)19(18)29-13-14-6-3-2-4-7-14/h2-12H,13H2,1H3,(H,22,24)/b23-12-. The van der Waals surface area contributed by atoms with Crippen molar-refractivity contribution in [1.29, 1.82) is 0 Å². The van der Waals surface area contributed by atoms with Gasteiger partial charge in [-0.15, -0.1) is 0 Å². The minimum absolute atomic E-state index is 0.0678. The molecule has 1 N–H and O–H groups in total. The van der Waals surface area contributed by atoms with Crippen LogP contribution >= 0.6 is 22.6 Å². The van der Waals surface area contributed by atoms with E-state index < -0.39 is 4.92 Å². The third-order valence-electron chi connectivity index (χ3n) is 3.84. The van der Waals surface area contributed by atoms with Crippen LogP contribution in [0.2, 0.25) is 0 Å². The number of hydrazone groups is 1. The smallest absolute Gasteiger partial charge is 0.313 e. The minimum atomic E-state index is -0.518. The molecule has 0 radical (unpaired) electrons. The maximum absolute atomic E-state index is 11.0. The average molecular weight is 504 g/mol. The Morgan fingerprint density at radius 2 is 2.03 bits per heavy atom. The summed E-state index contributed by atoms with van der Waals surface area (Å²) < 4.78 is 12.2. The van der Waals surface area contributed by atoms with Crippen molar-refractivity contribution >= 4 is 40.3 Å². The van der Waals surface area contributed by atoms with Gasteiger partial charge in [0.1, 0.15) is 6.61 Å². The van der Waals surface area contributed by atoms with Crippen LogP contribution in [0.15, 0.2) is 65.9 Å². The van der Waals surface area contributed by atoms with E-state index >= 15 is 0 Å². The SMILES string of the molecule is COc1cc(/C=N\Nc2ncccc2[N+](=O)[O-])cc(I)c1OCc1ccccc1. The number of nitrogens with one attached hydrogen (secondary N) is 1. The summed E-state index contributed by atoms with van der Waals surface area (Å²) in [6.07, 6.45) is 2.99. The van der Waals surface area contributed by atoms with Crippen LogP contribution < -0.4 is 14.9 Å². The van der Waals surface area contributed by atoms with Crippen LogP contribution in [-0.2, 0) is 6.61 Å². The first-order valence-electron chi connectivity index (χ1n) is 8.51. The van der Waals surface area contributed by atoms with E-state index in [-0.39, 0.29) is 11.5 Å². The highest BCUT2D eigenvalue weighted by Gasteiger charge is 2.14. The summed E-state index contributed by atoms with van der Waals surface area (Å²) in [5, 5.41) is 15.1. The number of methoxy groups -OCH3 is 1. The zero-order valence-electron chi connectivity index (χ0n) is 15.4. The molecule has 0 aliphatic heterocycles. The van der Waals surface area contributed by atoms with E-state index in [0.29, 0.717) is 18.1 Å². The summed E-state index contributed by atoms with van der Waals surface area (Å²) in [5.74, 6) is 1.28. The van der Waals surface area contributed by atoms with Gasteiger partial charge < -0.3 is 9.47 Å². The van der Waals surface area contributed by atoms with E-state index in [2.05, 4.69) is 38.1 Å². The zero-order valence-corrected chi connectivity index (χ0v) is 17.6. The monoisotopic (exact) mass is 504 g/mol. The van der Waals surface area contributed by atoms with Crippen molar-refractivity contribution in [3.8, 4) is 11.5 Å². The fraction of sp³-hybridized carbons (Fsp3) is 0.100. The molecule has 148 valence electrons. The lowest BCUT2D eigenvalue weighted by molar-refractivity contribution is -0.384. The number of ether oxygens (including phenoxy) is 2. The van der Waals surface area contributed by atoms with Crippen LogP contribution in [-0.4, -0.2) is 23.2 Å². The Morgan fingerprint density at radius 3 is 2.76 bits per heavy atom. The molecule has 0 aliphatic carbocycles. The lowest BCUT2D eigenvalue weighted by atomic mass is 10.2. The molecule has 0 unspecified atom stereocenters. The van der Waals surface area contributed by atoms with Crippen LogP contribution in [0.25, 0.3) is 0 Å². The van der Waals surface area contributed by atoms with E-state index in [4.69, 9.17) is 9.47 Å². The Labute approximate surface area is 180 Å². The maximum Gasteiger partial charge on any atom is 0.313 e. The molecule has 0 saturated carbocycles. The van der Waals surface area contributed by atoms with Crippen LogP contribution in [0.3, 0.4) is 0 Å². The fourth-order valence-electron chi connectivity index (χ4n) is 2.48. The fourth-order valence-corrected chi connectivity index (χ4v) is 3.26. The summed E-state index contributed by atoms with van der Waals surface area (Å²) in [7, 11) is 1.57. The largest absolute Gasteiger partial charge is 0.493 e. The number of halogens is 1. The second kappa shape index (κ2) is 9.82. The molecule has 9 heteroatoms. The highest BCUT2D eigenvalue weighted by Crippen LogP contribution is 2.34. The number of nitro groups is 1. The van der Waals surface area contributed by atoms with Gasteiger partial charge in [0.15, 0.2) is 11.5 Å². The van der Waals surface area contributed by atoms with Crippen LogP contribution in [0, 0.1) is 13.7 Å². The Bertz CT molecular complexity index is 1030. The maximum atomic E-state index is 11.0. The summed E-state index contributed by atoms with van der Waals surface area (Å²) >= 11 is 2.17. The molecule has 1 aromatic heterocycles. The molecule has 0 amide bonds. The number of aromatic nitrogens is 1. The average Bonchev–Trinajstić information content (AvgIpc) is 2.73. The molecule has 0 atom stereocenters. The number of nitrogens with zero attached hydrogens (tertiary/aromatic N) is 3. The van der Waals surface area contributed by atoms with Crippen LogP contribution in [0.1, 0.15) is 11.1 Å². The first-order valence-corrected chi connectivity index (χ1v) is 9.59. The Morgan fingerprint density at radius 1 is 1.24 bits per heavy atom. The molecule has 29 heavy (non-hydrogen) atoms. The van der Waals surface area contributed by atoms with Gasteiger partial charge in [-0.25, -0.2) is 4.98 Å². The van der Waals surface area contributed by atoms with Crippen molar-refractivity contribution in [2.24, 2.45) is 5.10 Å². The summed E-state index contributed by atoms with van der Waals surface area (Å²) in [5.41, 5.74) is 4.25. The molecule has 0 spiro atoms. The van der Waals surface area contributed by atoms with E-state index in [1.165, 1.54) is 24.5 Å². The molecule has 2 aromatic carbocycles. The van der Waals surface area contributed by atoms with E-state index in [0.717, 1.165) is 14.7 Å². The number of pyridine rings is 1. The number of anilines is 1. The molecule has 0 saturated heterocycles. The van der Waals surface area contributed by atoms with Gasteiger partial charge in [-0.3, -0.25) is 15.5 Å². The Balaban J connectivity index is 1.75. The molecular weight excluding hydrogens is 487 g/mol. The summed E-state index contributed by atoms with van der Waals surface area (Å²) in [4.78, 5) is 14.4. The van der Waals surface area contributed by atoms with Crippen LogP contribution in [0.5, 0.6) is 11.5 Å². The topological polar surface area (TPSA) is 98.9 Å². The van der Waals surface area contributed by atoms with Gasteiger partial charge in [0.25, 0.3) is 0 Å². The van der Waals surface area contributed by atoms with Gasteiger partial charge in [0, 0.05) is 12.3 Å². The van der Waals surface area contributed by atoms with Gasteiger partial charge in [-0.05, 0) is 51.9 Å². The van der Waals surface area contributed by atoms with Crippen molar-refractivity contribution in [3.63, 3.8) is 0 Å². The normalized spacial score (nSPS) is 10.7. The van der Waals surface area contributed by atoms with Gasteiger partial charge in [0.2, 0.25) is 5.82 Å². The van der Waals surface area contributed by atoms with Crippen LogP contribution in [0.4, 0.5) is 11.5 Å². The van der Waals surface area contributed by atoms with Crippen molar-refractivity contribution in [2.45, 2.75) is 6.61 Å². The second-order valence-electron chi connectivity index (χ2n) is 5.81. The van der Waals surface area contributed by atoms with Gasteiger partial charge in [0.05, 0.1) is 21.8 Å². The predicted molar refractivity (Wildman–Crippen MR) is 119 cm³/mol. The molecule has 0 aliphatic rings. The third kappa shape index (κ3) is 5.41. The first kappa shape index (κ1) is 20.5. The van der Waals surface area contributed by atoms with Gasteiger partial charge >= 0.3 is 5.69 Å². The molecule has 3 rings (SSSR count). The number of hydrogen-bond acceptors (Lipinski definition) is 7. The van der Waals surface area contributed by atoms with Gasteiger partial charge in [-0.2, -0.15) is 5.10 Å². The highest BCUT2D eigenvalue weighted by atomic mass is 127. The predicted octanol–water partition coefficient (Wildman–Crippen LogP) is 4.63. The number of hydrogen-bond donors (Lipinski definition) is 1. The molecule has 3 aromatic rings. The molecule has 1 heterocycles. The first-order chi connectivity index (χ1) is 14.1. The van der Waals surface area contributed by atoms with Crippen molar-refractivity contribution in [1.82, 2.24) is 4.98 Å². The quantitative estimate of drug-likeness (QED) is 0.208. The highest BCUT2D eigenvalue weighted by molar-refractivity contribution is 14.1. The number of rotatable bonds is 8. The summed E-state index contributed by atoms with van der Waals surface area (Å²) in [6, 6.07) is 16.4. The lowest BCUT2D eigenvalue weighted by Gasteiger charge is -2.13. The van der Waals surface area contributed by atoms with E-state index in [9.17, 15) is 10.1 Å². The minimum Gasteiger partial charge on any atom is -0.493 e. The summed E-state index contributed by atoms with van der Waals surface area (Å²) in [6.45, 7) is 0.422. The zero-order chi connectivity index (χ0) is 20.6. The Hall–Kier alpha value is -3.21. The molecule has 0 fully saturated rings. The van der Waals surface area contributed by atoms with E-state index in [1.807, 2.05) is 36.4 Å². The van der Waals surface area contributed by atoms with E-state index in [1.54, 1.807) is 13.2 Å². The number of benzene rings is 2. The molecule has 8 nitrogen and oxygen atoms in total. The Kier molecular flexibility index (Phi) is 6.95. The molecule has 0 bridgehead atoms.